The number of benzene rings is 1. The second-order valence-corrected chi connectivity index (χ2v) is 7.43. The van der Waals surface area contributed by atoms with E-state index < -0.39 is 17.5 Å². The van der Waals surface area contributed by atoms with Crippen molar-refractivity contribution in [3.63, 3.8) is 0 Å². The lowest BCUT2D eigenvalue weighted by Crippen LogP contribution is -2.30. The van der Waals surface area contributed by atoms with Crippen LogP contribution in [0.2, 0.25) is 0 Å². The van der Waals surface area contributed by atoms with Gasteiger partial charge in [0, 0.05) is 23.8 Å². The number of unbranched alkanes of at least 4 members (excludes halogenated alkanes) is 3. The Morgan fingerprint density at radius 1 is 0.771 bits per heavy atom. The van der Waals surface area contributed by atoms with Gasteiger partial charge in [-0.15, -0.1) is 0 Å². The van der Waals surface area contributed by atoms with Crippen LogP contribution in [0.5, 0.6) is 0 Å². The van der Waals surface area contributed by atoms with Crippen LogP contribution in [0, 0.1) is 0 Å². The maximum absolute atomic E-state index is 11.4. The molecule has 0 aliphatic rings. The van der Waals surface area contributed by atoms with E-state index in [1.807, 2.05) is 6.07 Å². The average molecular weight is 491 g/mol. The number of carbonyl (C=O) groups excluding carboxylic acids is 4. The van der Waals surface area contributed by atoms with Crippen LogP contribution in [0.4, 0.5) is 0 Å². The number of aliphatic hydroxyl groups is 1. The Morgan fingerprint density at radius 3 is 1.57 bits per heavy atom. The van der Waals surface area contributed by atoms with E-state index in [-0.39, 0.29) is 25.0 Å². The van der Waals surface area contributed by atoms with Gasteiger partial charge in [-0.2, -0.15) is 0 Å². The normalized spacial score (nSPS) is 9.60. The van der Waals surface area contributed by atoms with Crippen LogP contribution in [0.15, 0.2) is 68.3 Å². The first-order valence-electron chi connectivity index (χ1n) is 11.2. The number of Topliss-reactive ketones (excluding diaryl/α,β-unsaturated/α-hetero) is 1. The molecule has 0 aromatic heterocycles. The average Bonchev–Trinajstić information content (AvgIpc) is 2.86. The zero-order valence-electron chi connectivity index (χ0n) is 21.0. The van der Waals surface area contributed by atoms with Crippen molar-refractivity contribution in [3.8, 4) is 0 Å². The molecule has 8 heteroatoms. The van der Waals surface area contributed by atoms with Gasteiger partial charge >= 0.3 is 17.9 Å². The highest BCUT2D eigenvalue weighted by Gasteiger charge is 2.24. The molecule has 0 saturated carbocycles. The van der Waals surface area contributed by atoms with Gasteiger partial charge in [0.15, 0.2) is 5.78 Å². The van der Waals surface area contributed by atoms with Gasteiger partial charge in [-0.25, -0.2) is 14.4 Å². The summed E-state index contributed by atoms with van der Waals surface area (Å²) in [7, 11) is 0. The van der Waals surface area contributed by atoms with E-state index in [2.05, 4.69) is 36.1 Å². The molecule has 8 nitrogen and oxygen atoms in total. The highest BCUT2D eigenvalue weighted by Crippen LogP contribution is 2.11. The summed E-state index contributed by atoms with van der Waals surface area (Å²) in [4.78, 5) is 42.8. The summed E-state index contributed by atoms with van der Waals surface area (Å²) in [5.41, 5.74) is -0.730. The van der Waals surface area contributed by atoms with E-state index in [0.717, 1.165) is 25.0 Å². The Hall–Kier alpha value is -3.52. The van der Waals surface area contributed by atoms with Crippen LogP contribution in [-0.2, 0) is 28.6 Å². The van der Waals surface area contributed by atoms with E-state index >= 15 is 0 Å². The molecule has 35 heavy (non-hydrogen) atoms. The number of esters is 3. The molecule has 0 unspecified atom stereocenters. The lowest BCUT2D eigenvalue weighted by Gasteiger charge is -2.14. The van der Waals surface area contributed by atoms with Gasteiger partial charge in [-0.3, -0.25) is 4.79 Å². The van der Waals surface area contributed by atoms with E-state index in [1.165, 1.54) is 32.8 Å². The molecular weight excluding hydrogens is 452 g/mol. The zero-order valence-corrected chi connectivity index (χ0v) is 21.0. The molecule has 1 aromatic carbocycles. The third-order valence-electron chi connectivity index (χ3n) is 3.91. The van der Waals surface area contributed by atoms with Gasteiger partial charge in [-0.05, 0) is 20.3 Å². The predicted molar refractivity (Wildman–Crippen MR) is 135 cm³/mol. The number of ketones is 1. The fourth-order valence-corrected chi connectivity index (χ4v) is 2.11. The maximum Gasteiger partial charge on any atom is 0.330 e. The number of hydrogen-bond acceptors (Lipinski definition) is 8. The summed E-state index contributed by atoms with van der Waals surface area (Å²) >= 11 is 0. The van der Waals surface area contributed by atoms with Crippen molar-refractivity contribution in [1.29, 1.82) is 0 Å². The van der Waals surface area contributed by atoms with Crippen molar-refractivity contribution < 1.29 is 38.5 Å². The van der Waals surface area contributed by atoms with Gasteiger partial charge in [0.25, 0.3) is 0 Å². The highest BCUT2D eigenvalue weighted by molar-refractivity contribution is 6.01. The molecule has 0 heterocycles. The predicted octanol–water partition coefficient (Wildman–Crippen LogP) is 4.38. The van der Waals surface area contributed by atoms with Gasteiger partial charge in [0.05, 0.1) is 6.61 Å². The van der Waals surface area contributed by atoms with Crippen LogP contribution >= 0.6 is 0 Å². The molecule has 0 aliphatic carbocycles. The smallest absolute Gasteiger partial charge is 0.330 e. The summed E-state index contributed by atoms with van der Waals surface area (Å²) < 4.78 is 13.8. The van der Waals surface area contributed by atoms with E-state index in [0.29, 0.717) is 12.2 Å². The minimum atomic E-state index is -1.28. The Morgan fingerprint density at radius 2 is 1.20 bits per heavy atom. The second-order valence-electron chi connectivity index (χ2n) is 7.43. The van der Waals surface area contributed by atoms with Crippen molar-refractivity contribution in [1.82, 2.24) is 0 Å². The van der Waals surface area contributed by atoms with E-state index in [4.69, 9.17) is 4.74 Å². The second kappa shape index (κ2) is 21.0. The zero-order chi connectivity index (χ0) is 27.1. The number of ether oxygens (including phenoxy) is 3. The third-order valence-corrected chi connectivity index (χ3v) is 3.91. The minimum Gasteiger partial charge on any atom is -0.463 e. The Kier molecular flexibility index (Phi) is 20.2. The monoisotopic (exact) mass is 490 g/mol. The molecule has 0 fully saturated rings. The lowest BCUT2D eigenvalue weighted by atomic mass is 9.97. The van der Waals surface area contributed by atoms with E-state index in [9.17, 15) is 24.3 Å². The lowest BCUT2D eigenvalue weighted by molar-refractivity contribution is -0.146. The molecule has 0 aliphatic heterocycles. The van der Waals surface area contributed by atoms with Crippen LogP contribution < -0.4 is 0 Å². The fourth-order valence-electron chi connectivity index (χ4n) is 2.11. The Balaban J connectivity index is 0. The summed E-state index contributed by atoms with van der Waals surface area (Å²) in [5.74, 6) is -1.64. The minimum absolute atomic E-state index is 0.0322. The summed E-state index contributed by atoms with van der Waals surface area (Å²) in [6.45, 7) is 15.4. The van der Waals surface area contributed by atoms with Crippen LogP contribution in [0.25, 0.3) is 0 Å². The van der Waals surface area contributed by atoms with Gasteiger partial charge in [0.1, 0.15) is 18.8 Å². The molecule has 194 valence electrons. The van der Waals surface area contributed by atoms with Crippen molar-refractivity contribution in [2.45, 2.75) is 52.1 Å². The SMILES string of the molecule is C=CC(=O)OCCCCCC.C=CC(=O)OCCOC(=O)C=C.CC(C)(O)C(=O)c1ccccc1. The standard InChI is InChI=1S/C10H12O2.C9H16O2.C8H10O4/c1-10(2,12)9(11)8-6-4-3-5-7-8;1-3-5-6-7-8-11-9(10)4-2;1-3-7(9)11-5-6-12-8(10)4-2/h3-7,12H,1-2H3;4H,2-3,5-8H2,1H3;3-4H,1-2,5-6H2. The van der Waals surface area contributed by atoms with Crippen LogP contribution in [0.1, 0.15) is 56.8 Å². The van der Waals surface area contributed by atoms with Crippen LogP contribution in [-0.4, -0.2) is 54.2 Å². The first kappa shape index (κ1) is 33.7. The Bertz CT molecular complexity index is 769. The highest BCUT2D eigenvalue weighted by atomic mass is 16.6. The summed E-state index contributed by atoms with van der Waals surface area (Å²) in [6.07, 6.45) is 7.79. The van der Waals surface area contributed by atoms with Crippen molar-refractivity contribution in [2.24, 2.45) is 0 Å². The molecule has 0 amide bonds. The molecule has 1 rings (SSSR count). The van der Waals surface area contributed by atoms with Gasteiger partial charge < -0.3 is 19.3 Å². The first-order chi connectivity index (χ1) is 16.5. The molecule has 0 radical (unpaired) electrons. The Labute approximate surface area is 208 Å². The molecule has 1 N–H and O–H groups in total. The molecule has 0 spiro atoms. The quantitative estimate of drug-likeness (QED) is 0.142. The molecule has 0 bridgehead atoms. The van der Waals surface area contributed by atoms with Crippen molar-refractivity contribution >= 4 is 23.7 Å². The molecule has 1 aromatic rings. The van der Waals surface area contributed by atoms with Gasteiger partial charge in [0.2, 0.25) is 0 Å². The van der Waals surface area contributed by atoms with Crippen LogP contribution in [0.3, 0.4) is 0 Å². The largest absolute Gasteiger partial charge is 0.463 e. The number of carbonyl (C=O) groups is 4. The van der Waals surface area contributed by atoms with Crippen molar-refractivity contribution in [2.75, 3.05) is 19.8 Å². The summed E-state index contributed by atoms with van der Waals surface area (Å²) in [5, 5.41) is 9.39. The number of hydrogen-bond donors (Lipinski definition) is 1. The van der Waals surface area contributed by atoms with Crippen molar-refractivity contribution in [3.05, 3.63) is 73.9 Å². The fraction of sp³-hybridized carbons (Fsp3) is 0.407. The number of rotatable bonds is 13. The topological polar surface area (TPSA) is 116 Å². The maximum atomic E-state index is 11.4. The molecule has 0 saturated heterocycles. The summed E-state index contributed by atoms with van der Waals surface area (Å²) in [6, 6.07) is 8.78. The van der Waals surface area contributed by atoms with Gasteiger partial charge in [-0.1, -0.05) is 76.3 Å². The third kappa shape index (κ3) is 20.8. The first-order valence-corrected chi connectivity index (χ1v) is 11.2. The van der Waals surface area contributed by atoms with E-state index in [1.54, 1.807) is 24.3 Å². The molecular formula is C27H38O8. The molecule has 0 atom stereocenters.